The summed E-state index contributed by atoms with van der Waals surface area (Å²) >= 11 is 0. The molecule has 3 rings (SSSR count). The fraction of sp³-hybridized carbons (Fsp3) is 0.600. The first-order valence-corrected chi connectivity index (χ1v) is 6.80. The average Bonchev–Trinajstić information content (AvgIpc) is 3.32. The van der Waals surface area contributed by atoms with Gasteiger partial charge in [-0.1, -0.05) is 30.3 Å². The van der Waals surface area contributed by atoms with Crippen molar-refractivity contribution >= 4 is 12.4 Å². The third-order valence-corrected chi connectivity index (χ3v) is 3.82. The first-order chi connectivity index (χ1) is 9.09. The monoisotopic (exact) mass is 307 g/mol. The van der Waals surface area contributed by atoms with Gasteiger partial charge in [-0.3, -0.25) is 0 Å². The number of hydrogen-bond acceptors (Lipinski definition) is 1. The SMILES string of the molecule is Cl.FC(F)C(F)(C1CC1)C1CC1.NCc1ccccc1. The lowest BCUT2D eigenvalue weighted by molar-refractivity contribution is -0.0652. The Kier molecular flexibility index (Phi) is 6.34. The van der Waals surface area contributed by atoms with Gasteiger partial charge in [0.15, 0.2) is 5.67 Å². The summed E-state index contributed by atoms with van der Waals surface area (Å²) in [7, 11) is 0. The van der Waals surface area contributed by atoms with Crippen molar-refractivity contribution in [1.82, 2.24) is 0 Å². The van der Waals surface area contributed by atoms with Crippen LogP contribution in [0.1, 0.15) is 31.2 Å². The maximum Gasteiger partial charge on any atom is 0.272 e. The Morgan fingerprint density at radius 1 is 1.05 bits per heavy atom. The minimum Gasteiger partial charge on any atom is -0.326 e. The summed E-state index contributed by atoms with van der Waals surface area (Å²) in [4.78, 5) is 0. The molecule has 0 radical (unpaired) electrons. The van der Waals surface area contributed by atoms with Gasteiger partial charge in [0.1, 0.15) is 0 Å². The summed E-state index contributed by atoms with van der Waals surface area (Å²) in [6.45, 7) is 0.640. The van der Waals surface area contributed by atoms with Crippen LogP contribution in [0.15, 0.2) is 30.3 Å². The summed E-state index contributed by atoms with van der Waals surface area (Å²) < 4.78 is 38.1. The lowest BCUT2D eigenvalue weighted by atomic mass is 9.95. The van der Waals surface area contributed by atoms with E-state index in [0.717, 1.165) is 0 Å². The van der Waals surface area contributed by atoms with Gasteiger partial charge in [-0.05, 0) is 43.1 Å². The lowest BCUT2D eigenvalue weighted by Crippen LogP contribution is -2.37. The van der Waals surface area contributed by atoms with Crippen LogP contribution in [0.5, 0.6) is 0 Å². The molecule has 20 heavy (non-hydrogen) atoms. The molecule has 5 heteroatoms. The fourth-order valence-electron chi connectivity index (χ4n) is 2.36. The van der Waals surface area contributed by atoms with Crippen LogP contribution in [0.3, 0.4) is 0 Å². The van der Waals surface area contributed by atoms with Crippen LogP contribution < -0.4 is 5.73 Å². The summed E-state index contributed by atoms with van der Waals surface area (Å²) in [6.07, 6.45) is -0.105. The lowest BCUT2D eigenvalue weighted by Gasteiger charge is -2.23. The van der Waals surface area contributed by atoms with Crippen molar-refractivity contribution in [3.63, 3.8) is 0 Å². The molecule has 1 nitrogen and oxygen atoms in total. The first-order valence-electron chi connectivity index (χ1n) is 6.80. The van der Waals surface area contributed by atoms with E-state index >= 15 is 0 Å². The highest BCUT2D eigenvalue weighted by atomic mass is 35.5. The topological polar surface area (TPSA) is 26.0 Å². The Morgan fingerprint density at radius 3 is 1.75 bits per heavy atom. The van der Waals surface area contributed by atoms with E-state index in [2.05, 4.69) is 0 Å². The summed E-state index contributed by atoms with van der Waals surface area (Å²) in [6, 6.07) is 9.99. The van der Waals surface area contributed by atoms with E-state index in [4.69, 9.17) is 5.73 Å². The highest BCUT2D eigenvalue weighted by molar-refractivity contribution is 5.85. The Hall–Kier alpha value is -0.740. The second kappa shape index (κ2) is 7.32. The molecule has 0 aliphatic heterocycles. The molecular weight excluding hydrogens is 287 g/mol. The molecule has 0 aromatic heterocycles. The summed E-state index contributed by atoms with van der Waals surface area (Å²) in [5.74, 6) is -0.648. The minimum absolute atomic E-state index is 0. The van der Waals surface area contributed by atoms with E-state index in [0.29, 0.717) is 32.2 Å². The van der Waals surface area contributed by atoms with Gasteiger partial charge >= 0.3 is 0 Å². The Bertz CT molecular complexity index is 374. The van der Waals surface area contributed by atoms with Gasteiger partial charge < -0.3 is 5.73 Å². The Labute approximate surface area is 124 Å². The van der Waals surface area contributed by atoms with Crippen molar-refractivity contribution in [3.05, 3.63) is 35.9 Å². The molecule has 114 valence electrons. The van der Waals surface area contributed by atoms with Crippen molar-refractivity contribution in [2.24, 2.45) is 17.6 Å². The smallest absolute Gasteiger partial charge is 0.272 e. The zero-order chi connectivity index (χ0) is 13.9. The molecule has 2 aliphatic rings. The molecule has 0 heterocycles. The zero-order valence-electron chi connectivity index (χ0n) is 11.3. The van der Waals surface area contributed by atoms with Crippen molar-refractivity contribution < 1.29 is 13.2 Å². The van der Waals surface area contributed by atoms with Crippen LogP contribution in [-0.2, 0) is 6.54 Å². The van der Waals surface area contributed by atoms with Crippen LogP contribution in [0.25, 0.3) is 0 Å². The van der Waals surface area contributed by atoms with Gasteiger partial charge in [-0.25, -0.2) is 13.2 Å². The minimum atomic E-state index is -2.76. The van der Waals surface area contributed by atoms with Gasteiger partial charge in [-0.2, -0.15) is 0 Å². The van der Waals surface area contributed by atoms with Crippen LogP contribution in [-0.4, -0.2) is 12.1 Å². The van der Waals surface area contributed by atoms with Crippen molar-refractivity contribution in [1.29, 1.82) is 0 Å². The summed E-state index contributed by atoms with van der Waals surface area (Å²) in [5, 5.41) is 0. The first kappa shape index (κ1) is 17.3. The van der Waals surface area contributed by atoms with E-state index in [-0.39, 0.29) is 24.2 Å². The predicted octanol–water partition coefficient (Wildman–Crippen LogP) is 4.35. The Morgan fingerprint density at radius 2 is 1.50 bits per heavy atom. The second-order valence-electron chi connectivity index (χ2n) is 5.37. The molecule has 0 amide bonds. The molecule has 0 bridgehead atoms. The van der Waals surface area contributed by atoms with Gasteiger partial charge in [0.25, 0.3) is 6.43 Å². The van der Waals surface area contributed by atoms with Gasteiger partial charge in [-0.15, -0.1) is 12.4 Å². The zero-order valence-corrected chi connectivity index (χ0v) is 12.1. The fourth-order valence-corrected chi connectivity index (χ4v) is 2.36. The Balaban J connectivity index is 0.000000200. The van der Waals surface area contributed by atoms with Crippen LogP contribution in [0.4, 0.5) is 13.2 Å². The second-order valence-corrected chi connectivity index (χ2v) is 5.37. The molecule has 2 fully saturated rings. The average molecular weight is 308 g/mol. The third kappa shape index (κ3) is 4.13. The maximum atomic E-state index is 13.5. The largest absolute Gasteiger partial charge is 0.326 e. The maximum absolute atomic E-state index is 13.5. The molecule has 0 atom stereocenters. The van der Waals surface area contributed by atoms with Crippen LogP contribution in [0.2, 0.25) is 0 Å². The number of hydrogen-bond donors (Lipinski definition) is 1. The van der Waals surface area contributed by atoms with E-state index < -0.39 is 12.1 Å². The van der Waals surface area contributed by atoms with E-state index in [1.807, 2.05) is 30.3 Å². The predicted molar refractivity (Wildman–Crippen MR) is 76.9 cm³/mol. The number of benzene rings is 1. The van der Waals surface area contributed by atoms with E-state index in [9.17, 15) is 13.2 Å². The normalized spacial score (nSPS) is 18.1. The van der Waals surface area contributed by atoms with Crippen molar-refractivity contribution in [2.45, 2.75) is 44.3 Å². The van der Waals surface area contributed by atoms with Crippen LogP contribution in [0, 0.1) is 11.8 Å². The van der Waals surface area contributed by atoms with E-state index in [1.165, 1.54) is 5.56 Å². The molecule has 2 N–H and O–H groups in total. The quantitative estimate of drug-likeness (QED) is 0.879. The molecule has 1 aromatic carbocycles. The molecule has 0 saturated heterocycles. The molecule has 1 aromatic rings. The van der Waals surface area contributed by atoms with Crippen molar-refractivity contribution in [2.75, 3.05) is 0 Å². The molecule has 0 unspecified atom stereocenters. The highest BCUT2D eigenvalue weighted by Gasteiger charge is 2.60. The van der Waals surface area contributed by atoms with Gasteiger partial charge in [0.2, 0.25) is 0 Å². The van der Waals surface area contributed by atoms with Crippen molar-refractivity contribution in [3.8, 4) is 0 Å². The van der Waals surface area contributed by atoms with Crippen LogP contribution >= 0.6 is 12.4 Å². The third-order valence-electron chi connectivity index (χ3n) is 3.82. The molecule has 2 saturated carbocycles. The van der Waals surface area contributed by atoms with E-state index in [1.54, 1.807) is 0 Å². The number of rotatable bonds is 4. The summed E-state index contributed by atoms with van der Waals surface area (Å²) in [5.41, 5.74) is 4.43. The van der Waals surface area contributed by atoms with Gasteiger partial charge in [0, 0.05) is 6.54 Å². The number of nitrogens with two attached hydrogens (primary N) is 1. The molecule has 0 spiro atoms. The molecule has 2 aliphatic carbocycles. The van der Waals surface area contributed by atoms with Gasteiger partial charge in [0.05, 0.1) is 0 Å². The standard InChI is InChI=1S/C8H11F3.C7H9N.ClH/c9-7(10)8(11,5-1-2-5)6-3-4-6;8-6-7-4-2-1-3-5-7;/h5-7H,1-4H2;1-5H,6,8H2;1H. The molecular formula is C15H21ClF3N. The number of halogens is 4. The number of alkyl halides is 3. The highest BCUT2D eigenvalue weighted by Crippen LogP contribution is 2.56.